The van der Waals surface area contributed by atoms with Gasteiger partial charge in [0.15, 0.2) is 0 Å². The highest BCUT2D eigenvalue weighted by atomic mass is 16.5. The van der Waals surface area contributed by atoms with E-state index in [4.69, 9.17) is 4.74 Å². The van der Waals surface area contributed by atoms with Crippen molar-refractivity contribution in [1.82, 2.24) is 10.2 Å². The molecule has 88 valence electrons. The molecule has 1 aliphatic rings. The van der Waals surface area contributed by atoms with Crippen LogP contribution in [0.5, 0.6) is 0 Å². The monoisotopic (exact) mass is 214 g/mol. The van der Waals surface area contributed by atoms with Gasteiger partial charge in [0.2, 0.25) is 5.91 Å². The lowest BCUT2D eigenvalue weighted by molar-refractivity contribution is -0.128. The summed E-state index contributed by atoms with van der Waals surface area (Å²) in [5, 5.41) is 3.40. The van der Waals surface area contributed by atoms with Gasteiger partial charge in [-0.05, 0) is 19.3 Å². The van der Waals surface area contributed by atoms with Crippen molar-refractivity contribution >= 4 is 5.91 Å². The summed E-state index contributed by atoms with van der Waals surface area (Å²) < 4.78 is 5.37. The summed E-state index contributed by atoms with van der Waals surface area (Å²) in [6.45, 7) is 0.752. The number of methoxy groups -OCH3 is 1. The summed E-state index contributed by atoms with van der Waals surface area (Å²) in [5.41, 5.74) is 0. The molecule has 1 amide bonds. The van der Waals surface area contributed by atoms with E-state index in [1.54, 1.807) is 26.1 Å². The van der Waals surface area contributed by atoms with Crippen LogP contribution in [0.2, 0.25) is 0 Å². The number of nitrogens with one attached hydrogen (secondary N) is 1. The van der Waals surface area contributed by atoms with Gasteiger partial charge in [-0.15, -0.1) is 0 Å². The predicted octanol–water partition coefficient (Wildman–Crippen LogP) is 0.622. The van der Waals surface area contributed by atoms with Gasteiger partial charge in [0, 0.05) is 40.2 Å². The van der Waals surface area contributed by atoms with Gasteiger partial charge in [0.1, 0.15) is 0 Å². The molecule has 0 heterocycles. The van der Waals surface area contributed by atoms with E-state index in [9.17, 15) is 4.79 Å². The zero-order valence-corrected chi connectivity index (χ0v) is 9.95. The Morgan fingerprint density at radius 2 is 2.20 bits per heavy atom. The fourth-order valence-electron chi connectivity index (χ4n) is 2.03. The molecular formula is C11H22N2O2. The first-order valence-corrected chi connectivity index (χ1v) is 5.61. The molecule has 4 heteroatoms. The minimum atomic E-state index is 0.175. The predicted molar refractivity (Wildman–Crippen MR) is 59.7 cm³/mol. The van der Waals surface area contributed by atoms with Crippen molar-refractivity contribution < 1.29 is 9.53 Å². The number of carbonyl (C=O) groups excluding carboxylic acids is 1. The molecule has 0 aliphatic heterocycles. The molecule has 0 bridgehead atoms. The van der Waals surface area contributed by atoms with Crippen molar-refractivity contribution in [3.63, 3.8) is 0 Å². The van der Waals surface area contributed by atoms with E-state index in [-0.39, 0.29) is 5.91 Å². The second-order valence-electron chi connectivity index (χ2n) is 4.30. The van der Waals surface area contributed by atoms with Crippen LogP contribution in [0, 0.1) is 0 Å². The number of carbonyl (C=O) groups is 1. The van der Waals surface area contributed by atoms with E-state index in [1.807, 2.05) is 0 Å². The Morgan fingerprint density at radius 1 is 1.47 bits per heavy atom. The lowest BCUT2D eigenvalue weighted by Gasteiger charge is -2.20. The molecule has 2 unspecified atom stereocenters. The quantitative estimate of drug-likeness (QED) is 0.729. The lowest BCUT2D eigenvalue weighted by Crippen LogP contribution is -2.38. The van der Waals surface area contributed by atoms with Gasteiger partial charge in [-0.3, -0.25) is 4.79 Å². The van der Waals surface area contributed by atoms with E-state index in [0.717, 1.165) is 19.4 Å². The van der Waals surface area contributed by atoms with E-state index in [0.29, 0.717) is 18.6 Å². The third kappa shape index (κ3) is 3.80. The summed E-state index contributed by atoms with van der Waals surface area (Å²) in [6.07, 6.45) is 4.42. The van der Waals surface area contributed by atoms with Crippen LogP contribution in [-0.4, -0.2) is 50.7 Å². The maximum absolute atomic E-state index is 11.3. The number of nitrogens with zero attached hydrogens (tertiary/aromatic N) is 1. The number of amides is 1. The highest BCUT2D eigenvalue weighted by molar-refractivity contribution is 5.75. The first-order chi connectivity index (χ1) is 7.15. The zero-order valence-electron chi connectivity index (χ0n) is 9.95. The highest BCUT2D eigenvalue weighted by Gasteiger charge is 2.26. The maximum atomic E-state index is 11.3. The van der Waals surface area contributed by atoms with Crippen molar-refractivity contribution in [3.8, 4) is 0 Å². The Morgan fingerprint density at radius 3 is 2.80 bits per heavy atom. The van der Waals surface area contributed by atoms with Crippen LogP contribution in [0.15, 0.2) is 0 Å². The van der Waals surface area contributed by atoms with Gasteiger partial charge < -0.3 is 15.0 Å². The number of hydrogen-bond donors (Lipinski definition) is 1. The minimum Gasteiger partial charge on any atom is -0.380 e. The molecule has 15 heavy (non-hydrogen) atoms. The molecule has 1 N–H and O–H groups in total. The number of ether oxygens (including phenoxy) is 1. The molecule has 1 saturated carbocycles. The van der Waals surface area contributed by atoms with E-state index in [1.165, 1.54) is 6.42 Å². The van der Waals surface area contributed by atoms with Gasteiger partial charge >= 0.3 is 0 Å². The van der Waals surface area contributed by atoms with Crippen molar-refractivity contribution in [2.45, 2.75) is 37.8 Å². The van der Waals surface area contributed by atoms with Gasteiger partial charge in [0.25, 0.3) is 0 Å². The molecule has 0 saturated heterocycles. The normalized spacial score (nSPS) is 25.5. The summed E-state index contributed by atoms with van der Waals surface area (Å²) in [6, 6.07) is 0.435. The topological polar surface area (TPSA) is 41.6 Å². The van der Waals surface area contributed by atoms with E-state index < -0.39 is 0 Å². The van der Waals surface area contributed by atoms with E-state index >= 15 is 0 Å². The van der Waals surface area contributed by atoms with Gasteiger partial charge in [-0.25, -0.2) is 0 Å². The molecule has 1 aliphatic carbocycles. The van der Waals surface area contributed by atoms with Crippen LogP contribution in [-0.2, 0) is 9.53 Å². The first-order valence-electron chi connectivity index (χ1n) is 5.61. The number of rotatable bonds is 5. The fourth-order valence-corrected chi connectivity index (χ4v) is 2.03. The Hall–Kier alpha value is -0.610. The Bertz CT molecular complexity index is 207. The molecule has 0 aromatic heterocycles. The number of hydrogen-bond acceptors (Lipinski definition) is 3. The molecule has 0 aromatic rings. The summed E-state index contributed by atoms with van der Waals surface area (Å²) in [7, 11) is 5.33. The third-order valence-electron chi connectivity index (χ3n) is 3.00. The van der Waals surface area contributed by atoms with Gasteiger partial charge in [-0.2, -0.15) is 0 Å². The molecule has 1 fully saturated rings. The highest BCUT2D eigenvalue weighted by Crippen LogP contribution is 2.21. The Balaban J connectivity index is 2.17. The lowest BCUT2D eigenvalue weighted by atomic mass is 10.2. The molecule has 0 spiro atoms. The van der Waals surface area contributed by atoms with Crippen molar-refractivity contribution in [1.29, 1.82) is 0 Å². The van der Waals surface area contributed by atoms with Gasteiger partial charge in [-0.1, -0.05) is 0 Å². The van der Waals surface area contributed by atoms with E-state index in [2.05, 4.69) is 5.32 Å². The smallest absolute Gasteiger partial charge is 0.223 e. The second kappa shape index (κ2) is 6.08. The Kier molecular flexibility index (Phi) is 5.05. The van der Waals surface area contributed by atoms with Crippen LogP contribution in [0.1, 0.15) is 25.7 Å². The molecule has 0 aromatic carbocycles. The summed E-state index contributed by atoms with van der Waals surface area (Å²) >= 11 is 0. The average molecular weight is 214 g/mol. The molecule has 4 nitrogen and oxygen atoms in total. The van der Waals surface area contributed by atoms with Crippen LogP contribution < -0.4 is 5.32 Å². The summed E-state index contributed by atoms with van der Waals surface area (Å²) in [4.78, 5) is 13.0. The SMILES string of the molecule is COC1CCCC1NCCC(=O)N(C)C. The molecule has 2 atom stereocenters. The average Bonchev–Trinajstić information content (AvgIpc) is 2.65. The molecule has 0 radical (unpaired) electrons. The van der Waals surface area contributed by atoms with Crippen molar-refractivity contribution in [3.05, 3.63) is 0 Å². The van der Waals surface area contributed by atoms with Crippen LogP contribution in [0.4, 0.5) is 0 Å². The second-order valence-corrected chi connectivity index (χ2v) is 4.30. The Labute approximate surface area is 92.0 Å². The largest absolute Gasteiger partial charge is 0.380 e. The molecular weight excluding hydrogens is 192 g/mol. The van der Waals surface area contributed by atoms with Crippen molar-refractivity contribution in [2.75, 3.05) is 27.7 Å². The van der Waals surface area contributed by atoms with Crippen molar-refractivity contribution in [2.24, 2.45) is 0 Å². The fraction of sp³-hybridized carbons (Fsp3) is 0.909. The third-order valence-corrected chi connectivity index (χ3v) is 3.00. The van der Waals surface area contributed by atoms with Crippen LogP contribution in [0.3, 0.4) is 0 Å². The zero-order chi connectivity index (χ0) is 11.3. The standard InChI is InChI=1S/C11H22N2O2/c1-13(2)11(14)7-8-12-9-5-4-6-10(9)15-3/h9-10,12H,4-8H2,1-3H3. The minimum absolute atomic E-state index is 0.175. The van der Waals surface area contributed by atoms with Crippen LogP contribution >= 0.6 is 0 Å². The maximum Gasteiger partial charge on any atom is 0.223 e. The van der Waals surface area contributed by atoms with Gasteiger partial charge in [0.05, 0.1) is 6.10 Å². The molecule has 1 rings (SSSR count). The summed E-state index contributed by atoms with van der Waals surface area (Å²) in [5.74, 6) is 0.175. The first kappa shape index (κ1) is 12.5. The van der Waals surface area contributed by atoms with Crippen LogP contribution in [0.25, 0.3) is 0 Å².